The van der Waals surface area contributed by atoms with Crippen LogP contribution in [0.1, 0.15) is 10.4 Å². The predicted octanol–water partition coefficient (Wildman–Crippen LogP) is 3.57. The molecule has 0 atom stereocenters. The summed E-state index contributed by atoms with van der Waals surface area (Å²) in [7, 11) is -3.60. The first-order chi connectivity index (χ1) is 16.5. The first-order valence-corrected chi connectivity index (χ1v) is 12.3. The first kappa shape index (κ1) is 22.1. The van der Waals surface area contributed by atoms with Crippen molar-refractivity contribution in [3.05, 3.63) is 84.7 Å². The van der Waals surface area contributed by atoms with Gasteiger partial charge in [-0.25, -0.2) is 13.4 Å². The molecule has 1 aliphatic heterocycles. The molecule has 34 heavy (non-hydrogen) atoms. The smallest absolute Gasteiger partial charge is 0.256 e. The number of carbonyl (C=O) groups excluding carboxylic acids is 1. The number of sulfonamides is 1. The van der Waals surface area contributed by atoms with Gasteiger partial charge in [0.1, 0.15) is 0 Å². The summed E-state index contributed by atoms with van der Waals surface area (Å²) in [5.41, 5.74) is 3.11. The van der Waals surface area contributed by atoms with Crippen LogP contribution >= 0.6 is 0 Å². The van der Waals surface area contributed by atoms with Crippen LogP contribution in [0.15, 0.2) is 84.0 Å². The van der Waals surface area contributed by atoms with E-state index in [1.54, 1.807) is 30.6 Å². The molecule has 1 amide bonds. The Kier molecular flexibility index (Phi) is 6.06. The summed E-state index contributed by atoms with van der Waals surface area (Å²) in [6.07, 6.45) is 3.38. The molecule has 5 rings (SSSR count). The second kappa shape index (κ2) is 9.30. The number of benzene rings is 2. The van der Waals surface area contributed by atoms with Crippen LogP contribution in [-0.2, 0) is 14.8 Å². The number of amides is 1. The average Bonchev–Trinajstić information content (AvgIpc) is 2.89. The lowest BCUT2D eigenvalue weighted by atomic mass is 10.0. The molecule has 0 bridgehead atoms. The molecule has 0 unspecified atom stereocenters. The summed E-state index contributed by atoms with van der Waals surface area (Å²) in [5.74, 6) is -0.312. The Morgan fingerprint density at radius 1 is 0.971 bits per heavy atom. The quantitative estimate of drug-likeness (QED) is 0.475. The molecule has 1 fully saturated rings. The molecule has 2 aromatic carbocycles. The number of carbonyl (C=O) groups is 1. The second-order valence-electron chi connectivity index (χ2n) is 7.81. The number of fused-ring (bicyclic) bond motifs is 1. The minimum Gasteiger partial charge on any atom is -0.379 e. The van der Waals surface area contributed by atoms with Gasteiger partial charge in [0.2, 0.25) is 10.0 Å². The first-order valence-electron chi connectivity index (χ1n) is 10.8. The number of nitrogens with zero attached hydrogens (tertiary/aromatic N) is 3. The predicted molar refractivity (Wildman–Crippen MR) is 129 cm³/mol. The van der Waals surface area contributed by atoms with Crippen LogP contribution in [0.25, 0.3) is 22.2 Å². The van der Waals surface area contributed by atoms with E-state index >= 15 is 0 Å². The zero-order valence-electron chi connectivity index (χ0n) is 18.2. The molecular formula is C25H22N4O4S. The van der Waals surface area contributed by atoms with Gasteiger partial charge in [-0.3, -0.25) is 9.78 Å². The van der Waals surface area contributed by atoms with Crippen molar-refractivity contribution in [2.45, 2.75) is 4.90 Å². The van der Waals surface area contributed by atoms with Crippen molar-refractivity contribution in [1.29, 1.82) is 0 Å². The topological polar surface area (TPSA) is 101 Å². The van der Waals surface area contributed by atoms with Gasteiger partial charge in [0, 0.05) is 42.1 Å². The Hall–Kier alpha value is -3.66. The molecule has 1 N–H and O–H groups in total. The summed E-state index contributed by atoms with van der Waals surface area (Å²) in [6, 6.07) is 19.1. The number of hydrogen-bond acceptors (Lipinski definition) is 6. The third kappa shape index (κ3) is 4.41. The largest absolute Gasteiger partial charge is 0.379 e. The van der Waals surface area contributed by atoms with Crippen LogP contribution in [0.4, 0.5) is 5.69 Å². The van der Waals surface area contributed by atoms with E-state index in [1.165, 1.54) is 16.4 Å². The van der Waals surface area contributed by atoms with E-state index in [4.69, 9.17) is 4.74 Å². The summed E-state index contributed by atoms with van der Waals surface area (Å²) in [6.45, 7) is 1.42. The number of rotatable bonds is 5. The molecule has 0 aliphatic carbocycles. The maximum Gasteiger partial charge on any atom is 0.256 e. The number of pyridine rings is 2. The van der Waals surface area contributed by atoms with Gasteiger partial charge in [-0.05, 0) is 48.5 Å². The minimum atomic E-state index is -3.60. The van der Waals surface area contributed by atoms with Gasteiger partial charge >= 0.3 is 0 Å². The van der Waals surface area contributed by atoms with Crippen LogP contribution < -0.4 is 5.32 Å². The van der Waals surface area contributed by atoms with Crippen molar-refractivity contribution in [2.75, 3.05) is 31.6 Å². The van der Waals surface area contributed by atoms with Gasteiger partial charge in [0.25, 0.3) is 5.91 Å². The number of nitrogens with one attached hydrogen (secondary N) is 1. The van der Waals surface area contributed by atoms with Crippen molar-refractivity contribution < 1.29 is 17.9 Å². The lowest BCUT2D eigenvalue weighted by molar-refractivity contribution is 0.0730. The van der Waals surface area contributed by atoms with Crippen LogP contribution in [0.3, 0.4) is 0 Å². The van der Waals surface area contributed by atoms with Crippen molar-refractivity contribution in [3.8, 4) is 11.3 Å². The lowest BCUT2D eigenvalue weighted by Crippen LogP contribution is -2.40. The normalized spacial score (nSPS) is 14.7. The highest BCUT2D eigenvalue weighted by molar-refractivity contribution is 7.89. The van der Waals surface area contributed by atoms with Crippen LogP contribution in [0, 0.1) is 0 Å². The molecule has 0 saturated carbocycles. The summed E-state index contributed by atoms with van der Waals surface area (Å²) in [5, 5.41) is 3.60. The molecule has 0 spiro atoms. The molecule has 1 aliphatic rings. The Morgan fingerprint density at radius 3 is 2.47 bits per heavy atom. The molecule has 9 heteroatoms. The van der Waals surface area contributed by atoms with Gasteiger partial charge in [-0.2, -0.15) is 4.31 Å². The molecule has 4 aromatic rings. The van der Waals surface area contributed by atoms with Gasteiger partial charge in [-0.1, -0.05) is 18.2 Å². The average molecular weight is 475 g/mol. The number of anilines is 1. The molecule has 2 aromatic heterocycles. The molecular weight excluding hydrogens is 452 g/mol. The fourth-order valence-electron chi connectivity index (χ4n) is 3.87. The van der Waals surface area contributed by atoms with Gasteiger partial charge in [-0.15, -0.1) is 0 Å². The minimum absolute atomic E-state index is 0.181. The maximum absolute atomic E-state index is 13.2. The molecule has 8 nitrogen and oxygen atoms in total. The van der Waals surface area contributed by atoms with Crippen molar-refractivity contribution in [3.63, 3.8) is 0 Å². The zero-order chi connectivity index (χ0) is 23.5. The fourth-order valence-corrected chi connectivity index (χ4v) is 5.28. The standard InChI is InChI=1S/C25H22N4O4S/c30-25(27-19-7-9-20(10-8-19)34(31,32)29-12-14-33-15-13-29)22-16-24(18-4-3-11-26-17-18)28-23-6-2-1-5-21(22)23/h1-11,16-17H,12-15H2,(H,27,30). The van der Waals surface area contributed by atoms with Crippen molar-refractivity contribution in [1.82, 2.24) is 14.3 Å². The number of aromatic nitrogens is 2. The van der Waals surface area contributed by atoms with Gasteiger partial charge in [0.05, 0.1) is 34.9 Å². The summed E-state index contributed by atoms with van der Waals surface area (Å²) in [4.78, 5) is 22.3. The maximum atomic E-state index is 13.2. The number of para-hydroxylation sites is 1. The summed E-state index contributed by atoms with van der Waals surface area (Å²) >= 11 is 0. The van der Waals surface area contributed by atoms with Crippen molar-refractivity contribution in [2.24, 2.45) is 0 Å². The van der Waals surface area contributed by atoms with E-state index in [2.05, 4.69) is 15.3 Å². The SMILES string of the molecule is O=C(Nc1ccc(S(=O)(=O)N2CCOCC2)cc1)c1cc(-c2cccnc2)nc2ccccc12. The third-order valence-corrected chi connectivity index (χ3v) is 7.55. The molecule has 1 saturated heterocycles. The zero-order valence-corrected chi connectivity index (χ0v) is 19.0. The number of morpholine rings is 1. The molecule has 0 radical (unpaired) electrons. The number of hydrogen-bond donors (Lipinski definition) is 1. The highest BCUT2D eigenvalue weighted by Gasteiger charge is 2.26. The van der Waals surface area contributed by atoms with E-state index in [-0.39, 0.29) is 10.8 Å². The van der Waals surface area contributed by atoms with Crippen LogP contribution in [0.2, 0.25) is 0 Å². The Labute approximate surface area is 197 Å². The van der Waals surface area contributed by atoms with E-state index < -0.39 is 10.0 Å². The van der Waals surface area contributed by atoms with E-state index in [9.17, 15) is 13.2 Å². The van der Waals surface area contributed by atoms with Crippen molar-refractivity contribution >= 4 is 32.5 Å². The van der Waals surface area contributed by atoms with Crippen LogP contribution in [-0.4, -0.2) is 54.9 Å². The molecule has 172 valence electrons. The Bertz CT molecular complexity index is 1440. The highest BCUT2D eigenvalue weighted by Crippen LogP contribution is 2.26. The monoisotopic (exact) mass is 474 g/mol. The Balaban J connectivity index is 1.43. The van der Waals surface area contributed by atoms with Gasteiger partial charge < -0.3 is 10.1 Å². The van der Waals surface area contributed by atoms with E-state index in [1.807, 2.05) is 36.4 Å². The summed E-state index contributed by atoms with van der Waals surface area (Å²) < 4.78 is 32.3. The molecule has 3 heterocycles. The van der Waals surface area contributed by atoms with E-state index in [0.29, 0.717) is 48.8 Å². The van der Waals surface area contributed by atoms with E-state index in [0.717, 1.165) is 10.9 Å². The second-order valence-corrected chi connectivity index (χ2v) is 9.75. The lowest BCUT2D eigenvalue weighted by Gasteiger charge is -2.26. The number of ether oxygens (including phenoxy) is 1. The third-order valence-electron chi connectivity index (χ3n) is 5.64. The van der Waals surface area contributed by atoms with Crippen LogP contribution in [0.5, 0.6) is 0 Å². The highest BCUT2D eigenvalue weighted by atomic mass is 32.2. The fraction of sp³-hybridized carbons (Fsp3) is 0.160. The van der Waals surface area contributed by atoms with Gasteiger partial charge in [0.15, 0.2) is 0 Å². The Morgan fingerprint density at radius 2 is 1.74 bits per heavy atom.